The van der Waals surface area contributed by atoms with Crippen LogP contribution in [0.1, 0.15) is 38.2 Å². The van der Waals surface area contributed by atoms with Crippen LogP contribution >= 0.6 is 0 Å². The smallest absolute Gasteiger partial charge is 0.115 e. The normalized spacial score (nSPS) is 24.5. The molecule has 2 rings (SSSR count). The van der Waals surface area contributed by atoms with Crippen LogP contribution in [0.25, 0.3) is 0 Å². The van der Waals surface area contributed by atoms with Crippen molar-refractivity contribution in [2.75, 3.05) is 6.61 Å². The summed E-state index contributed by atoms with van der Waals surface area (Å²) in [5, 5.41) is 22.2. The van der Waals surface area contributed by atoms with Gasteiger partial charge in [0.1, 0.15) is 5.75 Å². The largest absolute Gasteiger partial charge is 0.508 e. The van der Waals surface area contributed by atoms with Gasteiger partial charge in [-0.2, -0.15) is 0 Å². The van der Waals surface area contributed by atoms with Gasteiger partial charge in [-0.05, 0) is 56.2 Å². The van der Waals surface area contributed by atoms with Gasteiger partial charge in [0.2, 0.25) is 0 Å². The summed E-state index contributed by atoms with van der Waals surface area (Å²) < 4.78 is 0. The number of aromatic hydroxyl groups is 1. The first-order valence-electron chi connectivity index (χ1n) is 7.34. The number of aliphatic hydroxyl groups is 1. The van der Waals surface area contributed by atoms with E-state index >= 15 is 0 Å². The van der Waals surface area contributed by atoms with E-state index in [1.54, 1.807) is 12.1 Å². The maximum atomic E-state index is 9.32. The summed E-state index contributed by atoms with van der Waals surface area (Å²) >= 11 is 0. The lowest BCUT2D eigenvalue weighted by Gasteiger charge is -2.24. The standard InChI is InChI=1S/C16H25NO2/c1-12(17-16-4-2-3-14(16)11-18)5-6-13-7-9-15(19)10-8-13/h7-10,12,14,16-19H,2-6,11H2,1H3/t12-,14+,16+/m1/s1. The molecule has 1 aliphatic rings. The summed E-state index contributed by atoms with van der Waals surface area (Å²) in [5.41, 5.74) is 1.26. The summed E-state index contributed by atoms with van der Waals surface area (Å²) in [4.78, 5) is 0. The second-order valence-corrected chi connectivity index (χ2v) is 5.75. The predicted octanol–water partition coefficient (Wildman–Crippen LogP) is 2.46. The van der Waals surface area contributed by atoms with Crippen molar-refractivity contribution < 1.29 is 10.2 Å². The van der Waals surface area contributed by atoms with E-state index in [-0.39, 0.29) is 0 Å². The molecule has 0 saturated heterocycles. The van der Waals surface area contributed by atoms with Crippen LogP contribution in [-0.4, -0.2) is 28.9 Å². The lowest BCUT2D eigenvalue weighted by molar-refractivity contribution is 0.199. The number of nitrogens with one attached hydrogen (secondary N) is 1. The lowest BCUT2D eigenvalue weighted by atomic mass is 10.0. The summed E-state index contributed by atoms with van der Waals surface area (Å²) in [6.07, 6.45) is 5.67. The zero-order chi connectivity index (χ0) is 13.7. The van der Waals surface area contributed by atoms with Crippen molar-refractivity contribution >= 4 is 0 Å². The number of benzene rings is 1. The van der Waals surface area contributed by atoms with E-state index in [1.165, 1.54) is 18.4 Å². The first kappa shape index (κ1) is 14.4. The highest BCUT2D eigenvalue weighted by Crippen LogP contribution is 2.25. The van der Waals surface area contributed by atoms with Crippen molar-refractivity contribution in [3.05, 3.63) is 29.8 Å². The molecular weight excluding hydrogens is 238 g/mol. The van der Waals surface area contributed by atoms with E-state index in [1.807, 2.05) is 12.1 Å². The average molecular weight is 263 g/mol. The molecule has 1 aliphatic carbocycles. The number of aryl methyl sites for hydroxylation is 1. The Bertz CT molecular complexity index is 377. The van der Waals surface area contributed by atoms with E-state index < -0.39 is 0 Å². The van der Waals surface area contributed by atoms with Crippen LogP contribution in [0.2, 0.25) is 0 Å². The molecule has 3 nitrogen and oxygen atoms in total. The third-order valence-electron chi connectivity index (χ3n) is 4.19. The van der Waals surface area contributed by atoms with Crippen molar-refractivity contribution in [3.63, 3.8) is 0 Å². The van der Waals surface area contributed by atoms with Crippen LogP contribution < -0.4 is 5.32 Å². The van der Waals surface area contributed by atoms with Crippen molar-refractivity contribution in [2.45, 2.75) is 51.1 Å². The zero-order valence-electron chi connectivity index (χ0n) is 11.7. The number of aliphatic hydroxyl groups excluding tert-OH is 1. The van der Waals surface area contributed by atoms with Crippen molar-refractivity contribution in [1.29, 1.82) is 0 Å². The van der Waals surface area contributed by atoms with Gasteiger partial charge in [0.15, 0.2) is 0 Å². The Morgan fingerprint density at radius 3 is 2.68 bits per heavy atom. The second kappa shape index (κ2) is 6.92. The predicted molar refractivity (Wildman–Crippen MR) is 77.2 cm³/mol. The van der Waals surface area contributed by atoms with E-state index in [9.17, 15) is 10.2 Å². The molecule has 0 spiro atoms. The van der Waals surface area contributed by atoms with Gasteiger partial charge < -0.3 is 15.5 Å². The van der Waals surface area contributed by atoms with Gasteiger partial charge >= 0.3 is 0 Å². The summed E-state index contributed by atoms with van der Waals surface area (Å²) in [6, 6.07) is 8.39. The molecule has 1 aromatic carbocycles. The third kappa shape index (κ3) is 4.22. The number of rotatable bonds is 6. The SMILES string of the molecule is C[C@H](CCc1ccc(O)cc1)N[C@H]1CCC[C@H]1CO. The molecule has 0 aliphatic heterocycles. The Morgan fingerprint density at radius 1 is 1.26 bits per heavy atom. The maximum absolute atomic E-state index is 9.32. The molecule has 0 radical (unpaired) electrons. The Hall–Kier alpha value is -1.06. The average Bonchev–Trinajstić information content (AvgIpc) is 2.85. The molecule has 0 bridgehead atoms. The second-order valence-electron chi connectivity index (χ2n) is 5.75. The van der Waals surface area contributed by atoms with Gasteiger partial charge in [-0.25, -0.2) is 0 Å². The van der Waals surface area contributed by atoms with Crippen molar-refractivity contribution in [3.8, 4) is 5.75 Å². The fraction of sp³-hybridized carbons (Fsp3) is 0.625. The van der Waals surface area contributed by atoms with Crippen LogP contribution in [-0.2, 0) is 6.42 Å². The van der Waals surface area contributed by atoms with Gasteiger partial charge in [-0.3, -0.25) is 0 Å². The molecule has 1 aromatic rings. The molecule has 19 heavy (non-hydrogen) atoms. The molecule has 3 atom stereocenters. The van der Waals surface area contributed by atoms with Gasteiger partial charge in [0.25, 0.3) is 0 Å². The monoisotopic (exact) mass is 263 g/mol. The minimum Gasteiger partial charge on any atom is -0.508 e. The van der Waals surface area contributed by atoms with Crippen LogP contribution in [0.3, 0.4) is 0 Å². The summed E-state index contributed by atoms with van der Waals surface area (Å²) in [6.45, 7) is 2.52. The highest BCUT2D eigenvalue weighted by Gasteiger charge is 2.27. The highest BCUT2D eigenvalue weighted by molar-refractivity contribution is 5.25. The Labute approximate surface area is 115 Å². The maximum Gasteiger partial charge on any atom is 0.115 e. The molecule has 3 heteroatoms. The fourth-order valence-corrected chi connectivity index (χ4v) is 2.97. The van der Waals surface area contributed by atoms with E-state index in [0.29, 0.717) is 30.4 Å². The van der Waals surface area contributed by atoms with Gasteiger partial charge in [0, 0.05) is 18.7 Å². The van der Waals surface area contributed by atoms with Crippen LogP contribution in [0.15, 0.2) is 24.3 Å². The Morgan fingerprint density at radius 2 is 2.00 bits per heavy atom. The van der Waals surface area contributed by atoms with E-state index in [0.717, 1.165) is 19.3 Å². The molecule has 0 heterocycles. The third-order valence-corrected chi connectivity index (χ3v) is 4.19. The Balaban J connectivity index is 1.75. The number of hydrogen-bond acceptors (Lipinski definition) is 3. The molecule has 3 N–H and O–H groups in total. The molecule has 0 aromatic heterocycles. The van der Waals surface area contributed by atoms with Crippen molar-refractivity contribution in [1.82, 2.24) is 5.32 Å². The van der Waals surface area contributed by atoms with E-state index in [4.69, 9.17) is 0 Å². The summed E-state index contributed by atoms with van der Waals surface area (Å²) in [7, 11) is 0. The molecule has 1 fully saturated rings. The summed E-state index contributed by atoms with van der Waals surface area (Å²) in [5.74, 6) is 0.766. The van der Waals surface area contributed by atoms with Gasteiger partial charge in [-0.1, -0.05) is 18.6 Å². The number of phenols is 1. The highest BCUT2D eigenvalue weighted by atomic mass is 16.3. The molecular formula is C16H25NO2. The van der Waals surface area contributed by atoms with Gasteiger partial charge in [-0.15, -0.1) is 0 Å². The zero-order valence-corrected chi connectivity index (χ0v) is 11.7. The van der Waals surface area contributed by atoms with Crippen LogP contribution in [0.4, 0.5) is 0 Å². The minimum atomic E-state index is 0.308. The first-order valence-corrected chi connectivity index (χ1v) is 7.34. The molecule has 0 amide bonds. The Kier molecular flexibility index (Phi) is 5.23. The minimum absolute atomic E-state index is 0.308. The number of hydrogen-bond donors (Lipinski definition) is 3. The molecule has 1 saturated carbocycles. The van der Waals surface area contributed by atoms with Crippen LogP contribution in [0.5, 0.6) is 5.75 Å². The van der Waals surface area contributed by atoms with E-state index in [2.05, 4.69) is 12.2 Å². The fourth-order valence-electron chi connectivity index (χ4n) is 2.97. The topological polar surface area (TPSA) is 52.5 Å². The van der Waals surface area contributed by atoms with Crippen molar-refractivity contribution in [2.24, 2.45) is 5.92 Å². The van der Waals surface area contributed by atoms with Gasteiger partial charge in [0.05, 0.1) is 0 Å². The number of phenolic OH excluding ortho intramolecular Hbond substituents is 1. The lowest BCUT2D eigenvalue weighted by Crippen LogP contribution is -2.40. The molecule has 0 unspecified atom stereocenters. The van der Waals surface area contributed by atoms with Crippen LogP contribution in [0, 0.1) is 5.92 Å². The quantitative estimate of drug-likeness (QED) is 0.739. The molecule has 106 valence electrons. The first-order chi connectivity index (χ1) is 9.19.